The van der Waals surface area contributed by atoms with Crippen molar-refractivity contribution in [3.63, 3.8) is 0 Å². The summed E-state index contributed by atoms with van der Waals surface area (Å²) in [6.45, 7) is 5.42. The third-order valence-electron chi connectivity index (χ3n) is 4.85. The number of amides is 1. The second kappa shape index (κ2) is 7.41. The number of benzene rings is 1. The Morgan fingerprint density at radius 1 is 1.12 bits per heavy atom. The molecule has 1 saturated heterocycles. The lowest BCUT2D eigenvalue weighted by atomic mass is 10.1. The SMILES string of the molecule is CCc1cccc2sc(N3CCCN(C(=O)c4ccncc4)CC3)nc12. The molecule has 134 valence electrons. The van der Waals surface area contributed by atoms with E-state index in [1.54, 1.807) is 35.9 Å². The lowest BCUT2D eigenvalue weighted by Gasteiger charge is -2.21. The first kappa shape index (κ1) is 17.0. The van der Waals surface area contributed by atoms with Crippen LogP contribution < -0.4 is 4.90 Å². The van der Waals surface area contributed by atoms with Crippen LogP contribution in [0.5, 0.6) is 0 Å². The van der Waals surface area contributed by atoms with E-state index in [1.165, 1.54) is 10.3 Å². The molecule has 0 saturated carbocycles. The number of thiazole rings is 1. The molecule has 0 bridgehead atoms. The summed E-state index contributed by atoms with van der Waals surface area (Å²) in [5.74, 6) is 0.0896. The molecule has 1 aliphatic heterocycles. The first-order valence-corrected chi connectivity index (χ1v) is 9.90. The molecule has 3 heterocycles. The minimum Gasteiger partial charge on any atom is -0.346 e. The molecular formula is C20H22N4OS. The van der Waals surface area contributed by atoms with Gasteiger partial charge in [0.15, 0.2) is 5.13 Å². The van der Waals surface area contributed by atoms with Crippen molar-refractivity contribution in [2.75, 3.05) is 31.1 Å². The Morgan fingerprint density at radius 3 is 2.77 bits per heavy atom. The zero-order valence-corrected chi connectivity index (χ0v) is 15.7. The number of aromatic nitrogens is 2. The van der Waals surface area contributed by atoms with E-state index in [4.69, 9.17) is 4.98 Å². The van der Waals surface area contributed by atoms with Gasteiger partial charge in [-0.15, -0.1) is 0 Å². The Hall–Kier alpha value is -2.47. The predicted molar refractivity (Wildman–Crippen MR) is 106 cm³/mol. The van der Waals surface area contributed by atoms with Crippen LogP contribution in [0.25, 0.3) is 10.2 Å². The molecule has 5 nitrogen and oxygen atoms in total. The Kier molecular flexibility index (Phi) is 4.84. The van der Waals surface area contributed by atoms with E-state index in [0.717, 1.165) is 49.7 Å². The monoisotopic (exact) mass is 366 g/mol. The fourth-order valence-corrected chi connectivity index (χ4v) is 4.47. The van der Waals surface area contributed by atoms with E-state index in [0.29, 0.717) is 5.56 Å². The number of para-hydroxylation sites is 1. The van der Waals surface area contributed by atoms with Crippen molar-refractivity contribution in [2.45, 2.75) is 19.8 Å². The summed E-state index contributed by atoms with van der Waals surface area (Å²) in [7, 11) is 0. The lowest BCUT2D eigenvalue weighted by Crippen LogP contribution is -2.35. The molecule has 0 spiro atoms. The van der Waals surface area contributed by atoms with Crippen LogP contribution in [-0.2, 0) is 6.42 Å². The van der Waals surface area contributed by atoms with Crippen molar-refractivity contribution >= 4 is 32.6 Å². The Balaban J connectivity index is 1.51. The molecule has 0 unspecified atom stereocenters. The van der Waals surface area contributed by atoms with Crippen LogP contribution in [0.3, 0.4) is 0 Å². The lowest BCUT2D eigenvalue weighted by molar-refractivity contribution is 0.0767. The summed E-state index contributed by atoms with van der Waals surface area (Å²) in [5, 5.41) is 1.07. The number of hydrogen-bond acceptors (Lipinski definition) is 5. The van der Waals surface area contributed by atoms with Gasteiger partial charge in [0.2, 0.25) is 0 Å². The smallest absolute Gasteiger partial charge is 0.254 e. The molecule has 1 aliphatic rings. The Bertz CT molecular complexity index is 909. The molecule has 0 atom stereocenters. The number of rotatable bonds is 3. The van der Waals surface area contributed by atoms with Crippen LogP contribution in [0.4, 0.5) is 5.13 Å². The molecule has 1 aromatic carbocycles. The first-order valence-electron chi connectivity index (χ1n) is 9.09. The maximum atomic E-state index is 12.7. The van der Waals surface area contributed by atoms with Crippen molar-refractivity contribution in [2.24, 2.45) is 0 Å². The maximum absolute atomic E-state index is 12.7. The first-order chi connectivity index (χ1) is 12.8. The highest BCUT2D eigenvalue weighted by molar-refractivity contribution is 7.22. The summed E-state index contributed by atoms with van der Waals surface area (Å²) >= 11 is 1.75. The van der Waals surface area contributed by atoms with E-state index < -0.39 is 0 Å². The topological polar surface area (TPSA) is 49.3 Å². The molecule has 1 fully saturated rings. The molecule has 0 aliphatic carbocycles. The third-order valence-corrected chi connectivity index (χ3v) is 5.93. The number of pyridine rings is 1. The average Bonchev–Trinajstić information content (AvgIpc) is 2.98. The quantitative estimate of drug-likeness (QED) is 0.711. The van der Waals surface area contributed by atoms with Crippen molar-refractivity contribution < 1.29 is 4.79 Å². The summed E-state index contributed by atoms with van der Waals surface area (Å²) in [5.41, 5.74) is 3.14. The van der Waals surface area contributed by atoms with Gasteiger partial charge in [-0.3, -0.25) is 9.78 Å². The molecule has 2 aromatic heterocycles. The van der Waals surface area contributed by atoms with Gasteiger partial charge < -0.3 is 9.80 Å². The highest BCUT2D eigenvalue weighted by Crippen LogP contribution is 2.31. The Labute approximate surface area is 157 Å². The number of anilines is 1. The number of nitrogens with zero attached hydrogens (tertiary/aromatic N) is 4. The second-order valence-corrected chi connectivity index (χ2v) is 7.49. The van der Waals surface area contributed by atoms with Crippen LogP contribution in [0.15, 0.2) is 42.7 Å². The summed E-state index contributed by atoms with van der Waals surface area (Å²) in [6.07, 6.45) is 5.29. The zero-order chi connectivity index (χ0) is 17.9. The van der Waals surface area contributed by atoms with Crippen LogP contribution >= 0.6 is 11.3 Å². The highest BCUT2D eigenvalue weighted by Gasteiger charge is 2.22. The van der Waals surface area contributed by atoms with Gasteiger partial charge in [0.25, 0.3) is 5.91 Å². The highest BCUT2D eigenvalue weighted by atomic mass is 32.1. The van der Waals surface area contributed by atoms with Crippen LogP contribution in [0, 0.1) is 0 Å². The van der Waals surface area contributed by atoms with Gasteiger partial charge in [0, 0.05) is 44.1 Å². The van der Waals surface area contributed by atoms with Gasteiger partial charge in [-0.05, 0) is 36.6 Å². The molecule has 6 heteroatoms. The fourth-order valence-electron chi connectivity index (χ4n) is 3.40. The van der Waals surface area contributed by atoms with Crippen LogP contribution in [0.1, 0.15) is 29.3 Å². The average molecular weight is 366 g/mol. The summed E-state index contributed by atoms with van der Waals surface area (Å²) < 4.78 is 1.24. The van der Waals surface area contributed by atoms with Gasteiger partial charge in [0.05, 0.1) is 10.2 Å². The fraction of sp³-hybridized carbons (Fsp3) is 0.350. The normalized spacial score (nSPS) is 15.3. The van der Waals surface area contributed by atoms with Gasteiger partial charge in [-0.1, -0.05) is 30.4 Å². The molecular weight excluding hydrogens is 344 g/mol. The zero-order valence-electron chi connectivity index (χ0n) is 14.9. The van der Waals surface area contributed by atoms with E-state index in [2.05, 4.69) is 35.0 Å². The van der Waals surface area contributed by atoms with E-state index >= 15 is 0 Å². The molecule has 4 rings (SSSR count). The molecule has 0 N–H and O–H groups in total. The van der Waals surface area contributed by atoms with E-state index in [1.807, 2.05) is 4.90 Å². The van der Waals surface area contributed by atoms with Gasteiger partial charge >= 0.3 is 0 Å². The predicted octanol–water partition coefficient (Wildman–Crippen LogP) is 3.61. The van der Waals surface area contributed by atoms with Crippen molar-refractivity contribution in [3.8, 4) is 0 Å². The molecule has 26 heavy (non-hydrogen) atoms. The number of carbonyl (C=O) groups excluding carboxylic acids is 1. The summed E-state index contributed by atoms with van der Waals surface area (Å²) in [6, 6.07) is 9.98. The van der Waals surface area contributed by atoms with E-state index in [9.17, 15) is 4.79 Å². The van der Waals surface area contributed by atoms with Gasteiger partial charge in [-0.25, -0.2) is 4.98 Å². The van der Waals surface area contributed by atoms with E-state index in [-0.39, 0.29) is 5.91 Å². The number of carbonyl (C=O) groups is 1. The minimum atomic E-state index is 0.0896. The molecule has 0 radical (unpaired) electrons. The summed E-state index contributed by atoms with van der Waals surface area (Å²) in [4.78, 5) is 25.9. The van der Waals surface area contributed by atoms with Crippen molar-refractivity contribution in [3.05, 3.63) is 53.9 Å². The third kappa shape index (κ3) is 3.29. The van der Waals surface area contributed by atoms with Crippen LogP contribution in [0.2, 0.25) is 0 Å². The standard InChI is InChI=1S/C20H22N4OS/c1-2-15-5-3-6-17-18(15)22-20(26-17)24-12-4-11-23(13-14-24)19(25)16-7-9-21-10-8-16/h3,5-10H,2,4,11-14H2,1H3. The number of aryl methyl sites for hydroxylation is 1. The molecule has 3 aromatic rings. The Morgan fingerprint density at radius 2 is 1.96 bits per heavy atom. The largest absolute Gasteiger partial charge is 0.346 e. The van der Waals surface area contributed by atoms with Crippen molar-refractivity contribution in [1.29, 1.82) is 0 Å². The number of fused-ring (bicyclic) bond motifs is 1. The minimum absolute atomic E-state index is 0.0896. The van der Waals surface area contributed by atoms with Gasteiger partial charge in [-0.2, -0.15) is 0 Å². The second-order valence-electron chi connectivity index (χ2n) is 6.48. The number of hydrogen-bond donors (Lipinski definition) is 0. The van der Waals surface area contributed by atoms with Gasteiger partial charge in [0.1, 0.15) is 0 Å². The van der Waals surface area contributed by atoms with Crippen LogP contribution in [-0.4, -0.2) is 47.0 Å². The van der Waals surface area contributed by atoms with Crippen molar-refractivity contribution in [1.82, 2.24) is 14.9 Å². The maximum Gasteiger partial charge on any atom is 0.254 e. The molecule has 1 amide bonds.